The van der Waals surface area contributed by atoms with E-state index in [0.717, 1.165) is 44.1 Å². The first kappa shape index (κ1) is 22.2. The summed E-state index contributed by atoms with van der Waals surface area (Å²) in [7, 11) is 4.03. The number of thiazole rings is 1. The topological polar surface area (TPSA) is 49.3 Å². The minimum atomic E-state index is -0.0617. The average molecular weight is 467 g/mol. The Labute approximate surface area is 203 Å². The van der Waals surface area contributed by atoms with Crippen molar-refractivity contribution in [3.05, 3.63) is 90.0 Å². The van der Waals surface area contributed by atoms with Crippen LogP contribution in [-0.4, -0.2) is 48.0 Å². The Morgan fingerprint density at radius 2 is 1.62 bits per heavy atom. The van der Waals surface area contributed by atoms with Crippen LogP contribution in [0.15, 0.2) is 78.9 Å². The summed E-state index contributed by atoms with van der Waals surface area (Å²) in [5.41, 5.74) is 5.31. The van der Waals surface area contributed by atoms with Gasteiger partial charge in [-0.3, -0.25) is 9.69 Å². The summed E-state index contributed by atoms with van der Waals surface area (Å²) in [5, 5.41) is 1.56. The summed E-state index contributed by atoms with van der Waals surface area (Å²) in [6.45, 7) is 3.35. The lowest BCUT2D eigenvalue weighted by Gasteiger charge is -2.23. The van der Waals surface area contributed by atoms with Crippen LogP contribution in [0.5, 0.6) is 0 Å². The zero-order valence-electron chi connectivity index (χ0n) is 19.5. The van der Waals surface area contributed by atoms with E-state index in [1.54, 1.807) is 11.3 Å². The van der Waals surface area contributed by atoms with Gasteiger partial charge >= 0.3 is 0 Å². The third-order valence-corrected chi connectivity index (χ3v) is 6.84. The molecule has 6 heteroatoms. The molecule has 0 radical (unpaired) electrons. The van der Waals surface area contributed by atoms with E-state index in [1.165, 1.54) is 5.56 Å². The summed E-state index contributed by atoms with van der Waals surface area (Å²) in [5.74, 6) is -0.0617. The highest BCUT2D eigenvalue weighted by Crippen LogP contribution is 2.32. The van der Waals surface area contributed by atoms with E-state index in [9.17, 15) is 4.79 Å². The number of carbonyl (C=O) groups is 1. The van der Waals surface area contributed by atoms with Crippen LogP contribution in [-0.2, 0) is 0 Å². The quantitative estimate of drug-likeness (QED) is 0.307. The molecule has 0 fully saturated rings. The predicted molar refractivity (Wildman–Crippen MR) is 142 cm³/mol. The van der Waals surface area contributed by atoms with E-state index in [1.807, 2.05) is 85.7 Å². The van der Waals surface area contributed by atoms with Crippen molar-refractivity contribution >= 4 is 43.5 Å². The minimum absolute atomic E-state index is 0.0617. The van der Waals surface area contributed by atoms with Crippen LogP contribution >= 0.6 is 11.3 Å². The number of para-hydroxylation sites is 1. The molecular formula is C28H26N4OS. The molecule has 34 heavy (non-hydrogen) atoms. The lowest BCUT2D eigenvalue weighted by molar-refractivity contribution is 0.0986. The molecule has 5 aromatic rings. The molecule has 0 aliphatic heterocycles. The molecule has 5 nitrogen and oxygen atoms in total. The number of likely N-dealkylation sites (N-methyl/N-ethyl adjacent to an activating group) is 1. The van der Waals surface area contributed by atoms with Crippen molar-refractivity contribution in [2.24, 2.45) is 0 Å². The van der Waals surface area contributed by atoms with Crippen LogP contribution in [0.1, 0.15) is 15.9 Å². The summed E-state index contributed by atoms with van der Waals surface area (Å²) in [6.07, 6.45) is 0. The van der Waals surface area contributed by atoms with Gasteiger partial charge in [0.1, 0.15) is 0 Å². The highest BCUT2D eigenvalue weighted by molar-refractivity contribution is 7.22. The summed E-state index contributed by atoms with van der Waals surface area (Å²) >= 11 is 1.56. The molecule has 0 saturated heterocycles. The number of hydrogen-bond acceptors (Lipinski definition) is 5. The zero-order valence-corrected chi connectivity index (χ0v) is 20.3. The molecule has 0 N–H and O–H groups in total. The molecule has 3 aromatic carbocycles. The number of hydrogen-bond donors (Lipinski definition) is 0. The molecule has 2 heterocycles. The second kappa shape index (κ2) is 9.33. The van der Waals surface area contributed by atoms with Crippen LogP contribution in [0.2, 0.25) is 0 Å². The predicted octanol–water partition coefficient (Wildman–Crippen LogP) is 6.03. The Hall–Kier alpha value is -3.61. The Kier molecular flexibility index (Phi) is 6.09. The highest BCUT2D eigenvalue weighted by Gasteiger charge is 2.24. The Bertz CT molecular complexity index is 1480. The summed E-state index contributed by atoms with van der Waals surface area (Å²) < 4.78 is 1.09. The number of benzene rings is 3. The molecule has 0 aliphatic rings. The molecular weight excluding hydrogens is 440 g/mol. The Morgan fingerprint density at radius 3 is 2.41 bits per heavy atom. The lowest BCUT2D eigenvalue weighted by atomic mass is 10.0. The second-order valence-corrected chi connectivity index (χ2v) is 9.68. The largest absolute Gasteiger partial charge is 0.308 e. The van der Waals surface area contributed by atoms with Crippen molar-refractivity contribution in [3.63, 3.8) is 0 Å². The highest BCUT2D eigenvalue weighted by atomic mass is 32.1. The number of amides is 1. The number of aromatic nitrogens is 2. The van der Waals surface area contributed by atoms with Crippen molar-refractivity contribution in [3.8, 4) is 11.3 Å². The number of anilines is 1. The van der Waals surface area contributed by atoms with E-state index in [0.29, 0.717) is 12.1 Å². The smallest absolute Gasteiger partial charge is 0.260 e. The number of nitrogens with zero attached hydrogens (tertiary/aromatic N) is 4. The Balaban J connectivity index is 1.64. The number of aryl methyl sites for hydroxylation is 1. The molecule has 0 bridgehead atoms. The normalized spacial score (nSPS) is 11.4. The van der Waals surface area contributed by atoms with Gasteiger partial charge in [-0.1, -0.05) is 65.9 Å². The number of pyridine rings is 1. The number of fused-ring (bicyclic) bond motifs is 2. The lowest BCUT2D eigenvalue weighted by Crippen LogP contribution is -2.37. The second-order valence-electron chi connectivity index (χ2n) is 8.67. The van der Waals surface area contributed by atoms with E-state index in [4.69, 9.17) is 9.97 Å². The average Bonchev–Trinajstić information content (AvgIpc) is 3.26. The zero-order chi connectivity index (χ0) is 23.7. The van der Waals surface area contributed by atoms with E-state index >= 15 is 0 Å². The monoisotopic (exact) mass is 466 g/mol. The fourth-order valence-corrected chi connectivity index (χ4v) is 5.06. The molecule has 0 aliphatic carbocycles. The van der Waals surface area contributed by atoms with Crippen molar-refractivity contribution < 1.29 is 4.79 Å². The van der Waals surface area contributed by atoms with Gasteiger partial charge in [0.05, 0.1) is 27.0 Å². The summed E-state index contributed by atoms with van der Waals surface area (Å²) in [4.78, 5) is 27.7. The molecule has 0 atom stereocenters. The molecule has 1 amide bonds. The van der Waals surface area contributed by atoms with Crippen molar-refractivity contribution in [1.82, 2.24) is 14.9 Å². The minimum Gasteiger partial charge on any atom is -0.308 e. The van der Waals surface area contributed by atoms with E-state index in [-0.39, 0.29) is 5.91 Å². The van der Waals surface area contributed by atoms with Gasteiger partial charge in [0, 0.05) is 24.0 Å². The molecule has 0 spiro atoms. The van der Waals surface area contributed by atoms with Crippen molar-refractivity contribution in [2.75, 3.05) is 32.1 Å². The standard InChI is InChI=1S/C28H26N4OS/c1-19-13-14-24-26(17-19)34-28(30-24)32(16-15-31(2)3)27(33)22-18-25(20-9-5-4-6-10-20)29-23-12-8-7-11-21(22)23/h4-14,17-18H,15-16H2,1-3H3. The third-order valence-electron chi connectivity index (χ3n) is 5.80. The van der Waals surface area contributed by atoms with Gasteiger partial charge in [-0.2, -0.15) is 0 Å². The fraction of sp³-hybridized carbons (Fsp3) is 0.179. The summed E-state index contributed by atoms with van der Waals surface area (Å²) in [6, 6.07) is 25.9. The van der Waals surface area contributed by atoms with Crippen LogP contribution < -0.4 is 4.90 Å². The van der Waals surface area contributed by atoms with Crippen molar-refractivity contribution in [1.29, 1.82) is 0 Å². The Morgan fingerprint density at radius 1 is 0.853 bits per heavy atom. The molecule has 170 valence electrons. The maximum absolute atomic E-state index is 14.1. The van der Waals surface area contributed by atoms with Gasteiger partial charge in [0.2, 0.25) is 0 Å². The van der Waals surface area contributed by atoms with Crippen LogP contribution in [0, 0.1) is 6.92 Å². The van der Waals surface area contributed by atoms with E-state index in [2.05, 4.69) is 24.0 Å². The molecule has 0 unspecified atom stereocenters. The van der Waals surface area contributed by atoms with Gasteiger partial charge in [0.25, 0.3) is 5.91 Å². The molecule has 0 saturated carbocycles. The first-order chi connectivity index (χ1) is 16.5. The maximum Gasteiger partial charge on any atom is 0.260 e. The van der Waals surface area contributed by atoms with Gasteiger partial charge in [-0.25, -0.2) is 9.97 Å². The van der Waals surface area contributed by atoms with Gasteiger partial charge in [-0.05, 0) is 50.8 Å². The molecule has 2 aromatic heterocycles. The SMILES string of the molecule is Cc1ccc2nc(N(CCN(C)C)C(=O)c3cc(-c4ccccc4)nc4ccccc34)sc2c1. The van der Waals surface area contributed by atoms with Gasteiger partial charge in [0.15, 0.2) is 5.13 Å². The van der Waals surface area contributed by atoms with Crippen LogP contribution in [0.25, 0.3) is 32.4 Å². The first-order valence-corrected chi connectivity index (χ1v) is 12.1. The first-order valence-electron chi connectivity index (χ1n) is 11.3. The van der Waals surface area contributed by atoms with Gasteiger partial charge in [-0.15, -0.1) is 0 Å². The number of carbonyl (C=O) groups excluding carboxylic acids is 1. The van der Waals surface area contributed by atoms with Crippen LogP contribution in [0.3, 0.4) is 0 Å². The number of rotatable bonds is 6. The maximum atomic E-state index is 14.1. The van der Waals surface area contributed by atoms with Crippen LogP contribution in [0.4, 0.5) is 5.13 Å². The third kappa shape index (κ3) is 4.42. The van der Waals surface area contributed by atoms with E-state index < -0.39 is 0 Å². The van der Waals surface area contributed by atoms with Gasteiger partial charge < -0.3 is 4.90 Å². The van der Waals surface area contributed by atoms with Crippen molar-refractivity contribution in [2.45, 2.75) is 6.92 Å². The fourth-order valence-electron chi connectivity index (χ4n) is 3.97. The molecule has 5 rings (SSSR count).